The third-order valence-corrected chi connectivity index (χ3v) is 6.83. The number of fused-ring (bicyclic) bond motifs is 1. The Morgan fingerprint density at radius 3 is 2.85 bits per heavy atom. The number of allylic oxidation sites excluding steroid dienone is 1. The van der Waals surface area contributed by atoms with E-state index in [-0.39, 0.29) is 17.2 Å². The van der Waals surface area contributed by atoms with Crippen molar-refractivity contribution >= 4 is 39.2 Å². The van der Waals surface area contributed by atoms with Gasteiger partial charge in [0, 0.05) is 24.0 Å². The summed E-state index contributed by atoms with van der Waals surface area (Å²) in [6.45, 7) is 4.58. The Hall–Kier alpha value is -3.30. The summed E-state index contributed by atoms with van der Waals surface area (Å²) in [6, 6.07) is 11.4. The van der Waals surface area contributed by atoms with E-state index in [0.29, 0.717) is 34.2 Å². The van der Waals surface area contributed by atoms with E-state index >= 15 is 0 Å². The van der Waals surface area contributed by atoms with Gasteiger partial charge in [-0.1, -0.05) is 30.0 Å². The number of thiophene rings is 1. The first-order valence-corrected chi connectivity index (χ1v) is 12.2. The summed E-state index contributed by atoms with van der Waals surface area (Å²) in [5, 5.41) is 5.80. The molecular weight excluding hydrogens is 458 g/mol. The van der Waals surface area contributed by atoms with Crippen molar-refractivity contribution in [2.75, 3.05) is 19.4 Å². The van der Waals surface area contributed by atoms with Crippen LogP contribution in [0, 0.1) is 0 Å². The third-order valence-electron chi connectivity index (χ3n) is 4.98. The molecule has 3 aromatic heterocycles. The molecule has 33 heavy (non-hydrogen) atoms. The van der Waals surface area contributed by atoms with E-state index in [1.165, 1.54) is 23.1 Å². The van der Waals surface area contributed by atoms with E-state index < -0.39 is 0 Å². The summed E-state index contributed by atoms with van der Waals surface area (Å²) >= 11 is 2.62. The molecular formula is C24H23N3O4S2. The largest absolute Gasteiger partial charge is 0.497 e. The first-order chi connectivity index (χ1) is 16.1. The summed E-state index contributed by atoms with van der Waals surface area (Å²) in [6.07, 6.45) is 3.94. The Bertz CT molecular complexity index is 1310. The van der Waals surface area contributed by atoms with Crippen LogP contribution in [0.1, 0.15) is 5.56 Å². The molecule has 0 atom stereocenters. The minimum absolute atomic E-state index is 0.115. The molecule has 1 amide bonds. The summed E-state index contributed by atoms with van der Waals surface area (Å²) in [5.41, 5.74) is 1.67. The molecule has 1 aromatic carbocycles. The van der Waals surface area contributed by atoms with E-state index in [9.17, 15) is 9.59 Å². The number of amides is 1. The highest BCUT2D eigenvalue weighted by atomic mass is 32.2. The number of thioether (sulfide) groups is 1. The molecule has 0 unspecified atom stereocenters. The number of hydrogen-bond acceptors (Lipinski definition) is 7. The molecule has 0 saturated heterocycles. The Morgan fingerprint density at radius 1 is 1.33 bits per heavy atom. The van der Waals surface area contributed by atoms with Crippen LogP contribution in [-0.4, -0.2) is 34.9 Å². The molecule has 0 spiro atoms. The lowest BCUT2D eigenvalue weighted by molar-refractivity contribution is -0.118. The molecule has 0 saturated carbocycles. The smallest absolute Gasteiger partial charge is 0.263 e. The standard InChI is InChI=1S/C24H23N3O4S2/c1-3-12-27-23(29)21-18(19-5-4-13-31-19)14-32-22(21)26-24(27)33-15-20(28)25-11-10-16-6-8-17(30-2)9-7-16/h3-9,13-14H,1,10-12,15H2,2H3,(H,25,28). The van der Waals surface area contributed by atoms with Crippen LogP contribution in [0.25, 0.3) is 21.5 Å². The number of benzene rings is 1. The van der Waals surface area contributed by atoms with Crippen molar-refractivity contribution in [3.63, 3.8) is 0 Å². The summed E-state index contributed by atoms with van der Waals surface area (Å²) in [7, 11) is 1.63. The fraction of sp³-hybridized carbons (Fsp3) is 0.208. The summed E-state index contributed by atoms with van der Waals surface area (Å²) in [5.74, 6) is 1.47. The van der Waals surface area contributed by atoms with Gasteiger partial charge in [-0.15, -0.1) is 17.9 Å². The molecule has 0 bridgehead atoms. The van der Waals surface area contributed by atoms with E-state index in [1.807, 2.05) is 35.7 Å². The number of carbonyl (C=O) groups excluding carboxylic acids is 1. The number of nitrogens with one attached hydrogen (secondary N) is 1. The fourth-order valence-corrected chi connectivity index (χ4v) is 5.15. The summed E-state index contributed by atoms with van der Waals surface area (Å²) < 4.78 is 12.2. The second-order valence-corrected chi connectivity index (χ2v) is 8.94. The first-order valence-electron chi connectivity index (χ1n) is 10.3. The number of ether oxygens (including phenoxy) is 1. The van der Waals surface area contributed by atoms with Gasteiger partial charge in [0.2, 0.25) is 5.91 Å². The highest BCUT2D eigenvalue weighted by Gasteiger charge is 2.18. The molecule has 3 heterocycles. The lowest BCUT2D eigenvalue weighted by Gasteiger charge is -2.11. The van der Waals surface area contributed by atoms with Crippen molar-refractivity contribution in [2.45, 2.75) is 18.1 Å². The molecule has 0 fully saturated rings. The van der Waals surface area contributed by atoms with Crippen LogP contribution in [0.5, 0.6) is 5.75 Å². The number of hydrogen-bond donors (Lipinski definition) is 1. The maximum Gasteiger partial charge on any atom is 0.263 e. The van der Waals surface area contributed by atoms with Crippen LogP contribution in [0.4, 0.5) is 0 Å². The topological polar surface area (TPSA) is 86.4 Å². The molecule has 0 radical (unpaired) electrons. The Kier molecular flexibility index (Phi) is 7.31. The van der Waals surface area contributed by atoms with Crippen LogP contribution in [0.3, 0.4) is 0 Å². The van der Waals surface area contributed by atoms with Gasteiger partial charge in [-0.2, -0.15) is 0 Å². The molecule has 0 aliphatic heterocycles. The molecule has 9 heteroatoms. The summed E-state index contributed by atoms with van der Waals surface area (Å²) in [4.78, 5) is 30.9. The molecule has 7 nitrogen and oxygen atoms in total. The quantitative estimate of drug-likeness (QED) is 0.206. The Balaban J connectivity index is 1.44. The van der Waals surface area contributed by atoms with Gasteiger partial charge in [-0.05, 0) is 36.2 Å². The highest BCUT2D eigenvalue weighted by molar-refractivity contribution is 7.99. The van der Waals surface area contributed by atoms with Gasteiger partial charge in [0.25, 0.3) is 5.56 Å². The normalized spacial score (nSPS) is 10.9. The molecule has 170 valence electrons. The van der Waals surface area contributed by atoms with Crippen LogP contribution < -0.4 is 15.6 Å². The van der Waals surface area contributed by atoms with Crippen LogP contribution in [0.15, 0.2) is 75.1 Å². The first kappa shape index (κ1) is 22.9. The Morgan fingerprint density at radius 2 is 2.15 bits per heavy atom. The zero-order valence-electron chi connectivity index (χ0n) is 18.1. The number of rotatable bonds is 10. The van der Waals surface area contributed by atoms with Crippen molar-refractivity contribution < 1.29 is 13.9 Å². The van der Waals surface area contributed by atoms with Crippen LogP contribution in [0.2, 0.25) is 0 Å². The van der Waals surface area contributed by atoms with Gasteiger partial charge in [0.05, 0.1) is 24.5 Å². The minimum atomic E-state index is -0.171. The van der Waals surface area contributed by atoms with Crippen molar-refractivity contribution in [3.05, 3.63) is 76.6 Å². The van der Waals surface area contributed by atoms with E-state index in [1.54, 1.807) is 30.1 Å². The number of nitrogens with zero attached hydrogens (tertiary/aromatic N) is 2. The fourth-order valence-electron chi connectivity index (χ4n) is 3.34. The van der Waals surface area contributed by atoms with Gasteiger partial charge < -0.3 is 14.5 Å². The maximum absolute atomic E-state index is 13.3. The lowest BCUT2D eigenvalue weighted by atomic mass is 10.1. The number of carbonyl (C=O) groups is 1. The molecule has 4 rings (SSSR count). The molecule has 0 aliphatic rings. The maximum atomic E-state index is 13.3. The zero-order valence-corrected chi connectivity index (χ0v) is 19.7. The van der Waals surface area contributed by atoms with Crippen molar-refractivity contribution in [1.82, 2.24) is 14.9 Å². The average molecular weight is 482 g/mol. The lowest BCUT2D eigenvalue weighted by Crippen LogP contribution is -2.28. The van der Waals surface area contributed by atoms with Crippen LogP contribution in [-0.2, 0) is 17.8 Å². The van der Waals surface area contributed by atoms with Gasteiger partial charge in [-0.3, -0.25) is 14.2 Å². The van der Waals surface area contributed by atoms with Crippen molar-refractivity contribution in [1.29, 1.82) is 0 Å². The number of furan rings is 1. The molecule has 0 aliphatic carbocycles. The average Bonchev–Trinajstić information content (AvgIpc) is 3.50. The zero-order chi connectivity index (χ0) is 23.2. The SMILES string of the molecule is C=CCn1c(SCC(=O)NCCc2ccc(OC)cc2)nc2scc(-c3ccco3)c2c1=O. The predicted molar refractivity (Wildman–Crippen MR) is 132 cm³/mol. The van der Waals surface area contributed by atoms with Crippen LogP contribution >= 0.6 is 23.1 Å². The van der Waals surface area contributed by atoms with Crippen molar-refractivity contribution in [2.24, 2.45) is 0 Å². The van der Waals surface area contributed by atoms with Gasteiger partial charge in [0.1, 0.15) is 16.3 Å². The highest BCUT2D eigenvalue weighted by Crippen LogP contribution is 2.32. The van der Waals surface area contributed by atoms with E-state index in [2.05, 4.69) is 16.9 Å². The number of aromatic nitrogens is 2. The van der Waals surface area contributed by atoms with Crippen molar-refractivity contribution in [3.8, 4) is 17.1 Å². The van der Waals surface area contributed by atoms with Gasteiger partial charge >= 0.3 is 0 Å². The number of methoxy groups -OCH3 is 1. The monoisotopic (exact) mass is 481 g/mol. The Labute approximate surface area is 199 Å². The second kappa shape index (κ2) is 10.5. The van der Waals surface area contributed by atoms with E-state index in [4.69, 9.17) is 9.15 Å². The van der Waals surface area contributed by atoms with Gasteiger partial charge in [0.15, 0.2) is 5.16 Å². The van der Waals surface area contributed by atoms with E-state index in [0.717, 1.165) is 23.3 Å². The minimum Gasteiger partial charge on any atom is -0.497 e. The third kappa shape index (κ3) is 5.20. The second-order valence-electron chi connectivity index (χ2n) is 7.14. The van der Waals surface area contributed by atoms with Gasteiger partial charge in [-0.25, -0.2) is 4.98 Å². The predicted octanol–water partition coefficient (Wildman–Crippen LogP) is 4.36. The molecule has 4 aromatic rings. The molecule has 1 N–H and O–H groups in total.